The van der Waals surface area contributed by atoms with Crippen molar-refractivity contribution in [2.24, 2.45) is 0 Å². The van der Waals surface area contributed by atoms with Gasteiger partial charge in [-0.2, -0.15) is 10.4 Å². The van der Waals surface area contributed by atoms with Crippen molar-refractivity contribution in [2.75, 3.05) is 13.7 Å². The first-order valence-electron chi connectivity index (χ1n) is 11.8. The van der Waals surface area contributed by atoms with Crippen LogP contribution in [0.25, 0.3) is 33.9 Å². The molecule has 0 bridgehead atoms. The first-order chi connectivity index (χ1) is 18.0. The largest absolute Gasteiger partial charge is 0.396 e. The van der Waals surface area contributed by atoms with Gasteiger partial charge in [0.25, 0.3) is 5.91 Å². The van der Waals surface area contributed by atoms with E-state index in [4.69, 9.17) is 4.98 Å². The fourth-order valence-electron chi connectivity index (χ4n) is 4.67. The van der Waals surface area contributed by atoms with Crippen molar-refractivity contribution in [2.45, 2.75) is 19.9 Å². The van der Waals surface area contributed by atoms with Crippen molar-refractivity contribution >= 4 is 16.9 Å². The van der Waals surface area contributed by atoms with E-state index in [9.17, 15) is 15.2 Å². The molecular formula is C27H22N8O2. The number of nitrogens with zero attached hydrogens (tertiary/aromatic N) is 8. The van der Waals surface area contributed by atoms with Crippen molar-refractivity contribution in [1.82, 2.24) is 34.2 Å². The van der Waals surface area contributed by atoms with Gasteiger partial charge in [-0.3, -0.25) is 9.36 Å². The number of aliphatic hydroxyl groups is 1. The summed E-state index contributed by atoms with van der Waals surface area (Å²) in [7, 11) is 1.77. The Morgan fingerprint density at radius 3 is 2.76 bits per heavy atom. The molecule has 37 heavy (non-hydrogen) atoms. The zero-order valence-electron chi connectivity index (χ0n) is 20.3. The summed E-state index contributed by atoms with van der Waals surface area (Å²) >= 11 is 0. The lowest BCUT2D eigenvalue weighted by atomic mass is 10.1. The van der Waals surface area contributed by atoms with E-state index >= 15 is 0 Å². The average Bonchev–Trinajstić information content (AvgIpc) is 3.59. The summed E-state index contributed by atoms with van der Waals surface area (Å²) in [6.45, 7) is 2.40. The summed E-state index contributed by atoms with van der Waals surface area (Å²) in [5.74, 6) is 1.12. The zero-order valence-corrected chi connectivity index (χ0v) is 20.3. The third kappa shape index (κ3) is 3.73. The average molecular weight is 491 g/mol. The summed E-state index contributed by atoms with van der Waals surface area (Å²) in [5, 5.41) is 23.2. The van der Waals surface area contributed by atoms with E-state index in [0.717, 1.165) is 39.1 Å². The highest BCUT2D eigenvalue weighted by Crippen LogP contribution is 2.28. The molecule has 4 aromatic heterocycles. The molecule has 0 aliphatic carbocycles. The maximum Gasteiger partial charge on any atom is 0.272 e. The lowest BCUT2D eigenvalue weighted by Crippen LogP contribution is -2.18. The van der Waals surface area contributed by atoms with E-state index in [0.29, 0.717) is 36.0 Å². The van der Waals surface area contributed by atoms with Crippen LogP contribution in [-0.2, 0) is 13.0 Å². The van der Waals surface area contributed by atoms with Gasteiger partial charge in [-0.1, -0.05) is 18.2 Å². The minimum atomic E-state index is -0.0666. The highest BCUT2D eigenvalue weighted by Gasteiger charge is 2.26. The molecule has 0 radical (unpaired) electrons. The number of fused-ring (bicyclic) bond motifs is 2. The number of carbonyl (C=O) groups is 1. The summed E-state index contributed by atoms with van der Waals surface area (Å²) in [6.07, 6.45) is 2.11. The summed E-state index contributed by atoms with van der Waals surface area (Å²) < 4.78 is 3.51. The van der Waals surface area contributed by atoms with E-state index in [1.54, 1.807) is 29.0 Å². The van der Waals surface area contributed by atoms with Crippen LogP contribution in [0.5, 0.6) is 0 Å². The van der Waals surface area contributed by atoms with Crippen LogP contribution in [0.3, 0.4) is 0 Å². The number of aryl methyl sites for hydroxylation is 1. The van der Waals surface area contributed by atoms with Crippen molar-refractivity contribution in [1.29, 1.82) is 5.26 Å². The quantitative estimate of drug-likeness (QED) is 0.401. The second kappa shape index (κ2) is 8.65. The Balaban J connectivity index is 1.41. The lowest BCUT2D eigenvalue weighted by molar-refractivity contribution is 0.0812. The van der Waals surface area contributed by atoms with Gasteiger partial charge in [0.15, 0.2) is 11.5 Å². The van der Waals surface area contributed by atoms with Gasteiger partial charge in [-0.25, -0.2) is 19.6 Å². The molecule has 0 atom stereocenters. The van der Waals surface area contributed by atoms with Gasteiger partial charge in [0.2, 0.25) is 0 Å². The normalized spacial score (nSPS) is 12.8. The number of hydrogen-bond acceptors (Lipinski definition) is 7. The Labute approximate surface area is 212 Å². The second-order valence-corrected chi connectivity index (χ2v) is 9.00. The molecule has 182 valence electrons. The molecule has 5 heterocycles. The van der Waals surface area contributed by atoms with E-state index in [2.05, 4.69) is 21.1 Å². The summed E-state index contributed by atoms with van der Waals surface area (Å²) in [6, 6.07) is 17.3. The van der Waals surface area contributed by atoms with Crippen LogP contribution in [0.4, 0.5) is 0 Å². The van der Waals surface area contributed by atoms with Gasteiger partial charge >= 0.3 is 0 Å². The molecule has 10 nitrogen and oxygen atoms in total. The molecule has 1 N–H and O–H groups in total. The molecule has 6 rings (SSSR count). The van der Waals surface area contributed by atoms with Gasteiger partial charge in [0, 0.05) is 37.0 Å². The molecule has 1 amide bonds. The van der Waals surface area contributed by atoms with E-state index in [1.807, 2.05) is 54.0 Å². The van der Waals surface area contributed by atoms with E-state index in [-0.39, 0.29) is 12.5 Å². The van der Waals surface area contributed by atoms with Crippen LogP contribution in [0.1, 0.15) is 33.0 Å². The molecule has 0 spiro atoms. The van der Waals surface area contributed by atoms with E-state index in [1.165, 1.54) is 0 Å². The number of rotatable bonds is 5. The third-order valence-corrected chi connectivity index (χ3v) is 6.55. The fraction of sp³-hybridized carbons (Fsp3) is 0.185. The minimum Gasteiger partial charge on any atom is -0.396 e. The number of aromatic nitrogens is 6. The van der Waals surface area contributed by atoms with Crippen LogP contribution < -0.4 is 0 Å². The molecule has 1 aliphatic heterocycles. The number of nitriles is 1. The first-order valence-corrected chi connectivity index (χ1v) is 11.8. The molecule has 1 aliphatic rings. The molecule has 0 saturated carbocycles. The van der Waals surface area contributed by atoms with E-state index < -0.39 is 0 Å². The molecule has 1 aromatic carbocycles. The highest BCUT2D eigenvalue weighted by molar-refractivity contribution is 5.97. The van der Waals surface area contributed by atoms with Gasteiger partial charge in [-0.05, 0) is 49.2 Å². The topological polar surface area (TPSA) is 126 Å². The number of amides is 1. The van der Waals surface area contributed by atoms with Crippen molar-refractivity contribution in [3.63, 3.8) is 0 Å². The SMILES string of the molecule is Cc1cc(C#N)nn1-c1nc(-n2cnc3cc(-c4ccc5c(n4)C(=O)N(C)C5)ccc32)ccc1CCO. The number of aliphatic hydroxyl groups excluding tert-OH is 1. The Morgan fingerprint density at radius 2 is 1.97 bits per heavy atom. The van der Waals surface area contributed by atoms with Crippen LogP contribution in [0.15, 0.2) is 54.9 Å². The molecule has 0 fully saturated rings. The Bertz CT molecular complexity index is 1740. The third-order valence-electron chi connectivity index (χ3n) is 6.55. The first kappa shape index (κ1) is 22.6. The predicted octanol–water partition coefficient (Wildman–Crippen LogP) is 2.97. The number of hydrogen-bond donors (Lipinski definition) is 1. The molecular weight excluding hydrogens is 468 g/mol. The predicted molar refractivity (Wildman–Crippen MR) is 135 cm³/mol. The highest BCUT2D eigenvalue weighted by atomic mass is 16.3. The number of pyridine rings is 2. The lowest BCUT2D eigenvalue weighted by Gasteiger charge is -2.12. The van der Waals surface area contributed by atoms with Crippen molar-refractivity contribution in [3.8, 4) is 29.0 Å². The zero-order chi connectivity index (χ0) is 25.7. The number of carbonyl (C=O) groups excluding carboxylic acids is 1. The molecule has 5 aromatic rings. The second-order valence-electron chi connectivity index (χ2n) is 9.00. The number of benzene rings is 1. The molecule has 0 unspecified atom stereocenters. The van der Waals surface area contributed by atoms with Crippen LogP contribution in [-0.4, -0.2) is 58.9 Å². The van der Waals surface area contributed by atoms with Gasteiger partial charge < -0.3 is 10.0 Å². The van der Waals surface area contributed by atoms with Crippen LogP contribution >= 0.6 is 0 Å². The molecule has 10 heteroatoms. The van der Waals surface area contributed by atoms with Gasteiger partial charge in [-0.15, -0.1) is 0 Å². The molecule has 0 saturated heterocycles. The maximum atomic E-state index is 12.4. The minimum absolute atomic E-state index is 0.0329. The monoisotopic (exact) mass is 490 g/mol. The van der Waals surface area contributed by atoms with Crippen molar-refractivity contribution in [3.05, 3.63) is 83.1 Å². The standard InChI is InChI=1S/C27H22N8O2/c1-16-11-20(13-28)32-35(16)26-17(9-10-36)5-8-24(31-26)34-15-29-22-12-18(4-7-23(22)34)21-6-3-19-14-33(2)27(37)25(19)30-21/h3-8,11-12,15,36H,9-10,14H2,1-2H3. The van der Waals surface area contributed by atoms with Crippen molar-refractivity contribution < 1.29 is 9.90 Å². The Hall–Kier alpha value is -4.88. The van der Waals surface area contributed by atoms with Gasteiger partial charge in [0.05, 0.1) is 16.7 Å². The summed E-state index contributed by atoms with van der Waals surface area (Å²) in [5.41, 5.74) is 6.51. The van der Waals surface area contributed by atoms with Crippen LogP contribution in [0.2, 0.25) is 0 Å². The van der Waals surface area contributed by atoms with Gasteiger partial charge in [0.1, 0.15) is 23.9 Å². The fourth-order valence-corrected chi connectivity index (χ4v) is 4.67. The maximum absolute atomic E-state index is 12.4. The number of imidazole rings is 1. The summed E-state index contributed by atoms with van der Waals surface area (Å²) in [4.78, 5) is 28.1. The Morgan fingerprint density at radius 1 is 1.11 bits per heavy atom. The Kier molecular flexibility index (Phi) is 5.28. The smallest absolute Gasteiger partial charge is 0.272 e. The van der Waals surface area contributed by atoms with Crippen LogP contribution in [0, 0.1) is 18.3 Å².